The molecular weight excluding hydrogens is 272 g/mol. The molecule has 0 saturated carbocycles. The molecule has 1 aliphatic carbocycles. The summed E-state index contributed by atoms with van der Waals surface area (Å²) in [6.45, 7) is 11.7. The molecule has 3 nitrogen and oxygen atoms in total. The van der Waals surface area contributed by atoms with Gasteiger partial charge in [0.05, 0.1) is 6.61 Å². The van der Waals surface area contributed by atoms with E-state index >= 15 is 0 Å². The van der Waals surface area contributed by atoms with Gasteiger partial charge in [-0.2, -0.15) is 0 Å². The fraction of sp³-hybridized carbons (Fsp3) is 0.895. The van der Waals surface area contributed by atoms with Gasteiger partial charge in [0.25, 0.3) is 0 Å². The zero-order valence-corrected chi connectivity index (χ0v) is 14.5. The minimum Gasteiger partial charge on any atom is -0.381 e. The van der Waals surface area contributed by atoms with E-state index in [4.69, 9.17) is 4.74 Å². The molecule has 0 bridgehead atoms. The number of piperidine rings is 1. The number of hydrogen-bond donors (Lipinski definition) is 1. The van der Waals surface area contributed by atoms with Gasteiger partial charge in [0.15, 0.2) is 0 Å². The first-order chi connectivity index (χ1) is 10.7. The molecule has 2 aliphatic heterocycles. The Hall–Kier alpha value is -0.380. The van der Waals surface area contributed by atoms with Gasteiger partial charge >= 0.3 is 0 Å². The zero-order valence-electron chi connectivity index (χ0n) is 14.5. The predicted molar refractivity (Wildman–Crippen MR) is 92.0 cm³/mol. The summed E-state index contributed by atoms with van der Waals surface area (Å²) in [6.07, 6.45) is 9.01. The van der Waals surface area contributed by atoms with Gasteiger partial charge < -0.3 is 15.0 Å². The maximum absolute atomic E-state index is 5.50. The summed E-state index contributed by atoms with van der Waals surface area (Å²) < 4.78 is 5.50. The third-order valence-electron chi connectivity index (χ3n) is 6.11. The average Bonchev–Trinajstić information content (AvgIpc) is 3.01. The van der Waals surface area contributed by atoms with Crippen molar-refractivity contribution in [3.63, 3.8) is 0 Å². The molecule has 3 atom stereocenters. The summed E-state index contributed by atoms with van der Waals surface area (Å²) in [6, 6.07) is 0.734. The van der Waals surface area contributed by atoms with Crippen LogP contribution in [0.25, 0.3) is 0 Å². The SMILES string of the molecule is CC1=CCCC(C)C1CNC1CCN(CC2CCOC2)CC1. The van der Waals surface area contributed by atoms with E-state index in [0.717, 1.165) is 37.0 Å². The van der Waals surface area contributed by atoms with Crippen molar-refractivity contribution >= 4 is 0 Å². The maximum atomic E-state index is 5.50. The number of likely N-dealkylation sites (tertiary alicyclic amines) is 1. The summed E-state index contributed by atoms with van der Waals surface area (Å²) in [7, 11) is 0. The first-order valence-electron chi connectivity index (χ1n) is 9.42. The van der Waals surface area contributed by atoms with Gasteiger partial charge in [-0.15, -0.1) is 0 Å². The molecule has 2 fully saturated rings. The van der Waals surface area contributed by atoms with Crippen LogP contribution in [0.15, 0.2) is 11.6 Å². The second kappa shape index (κ2) is 7.94. The molecule has 2 heterocycles. The zero-order chi connectivity index (χ0) is 15.4. The molecule has 0 radical (unpaired) electrons. The highest BCUT2D eigenvalue weighted by atomic mass is 16.5. The van der Waals surface area contributed by atoms with Crippen LogP contribution in [0.5, 0.6) is 0 Å². The van der Waals surface area contributed by atoms with Crippen molar-refractivity contribution in [3.8, 4) is 0 Å². The molecule has 0 spiro atoms. The van der Waals surface area contributed by atoms with Crippen LogP contribution >= 0.6 is 0 Å². The summed E-state index contributed by atoms with van der Waals surface area (Å²) in [5, 5.41) is 3.87. The van der Waals surface area contributed by atoms with Crippen molar-refractivity contribution in [1.82, 2.24) is 10.2 Å². The number of ether oxygens (including phenoxy) is 1. The molecule has 126 valence electrons. The third kappa shape index (κ3) is 4.33. The lowest BCUT2D eigenvalue weighted by Gasteiger charge is -2.36. The smallest absolute Gasteiger partial charge is 0.0507 e. The fourth-order valence-electron chi connectivity index (χ4n) is 4.44. The normalized spacial score (nSPS) is 34.8. The number of nitrogens with one attached hydrogen (secondary N) is 1. The van der Waals surface area contributed by atoms with E-state index < -0.39 is 0 Å². The second-order valence-electron chi connectivity index (χ2n) is 7.82. The number of allylic oxidation sites excluding steroid dienone is 1. The first-order valence-corrected chi connectivity index (χ1v) is 9.42. The summed E-state index contributed by atoms with van der Waals surface area (Å²) in [4.78, 5) is 2.66. The van der Waals surface area contributed by atoms with E-state index in [1.807, 2.05) is 0 Å². The van der Waals surface area contributed by atoms with Crippen LogP contribution in [0, 0.1) is 17.8 Å². The summed E-state index contributed by atoms with van der Waals surface area (Å²) in [5.41, 5.74) is 1.62. The van der Waals surface area contributed by atoms with E-state index in [9.17, 15) is 0 Å². The second-order valence-corrected chi connectivity index (χ2v) is 7.82. The van der Waals surface area contributed by atoms with Crippen LogP contribution in [0.2, 0.25) is 0 Å². The van der Waals surface area contributed by atoms with Crippen molar-refractivity contribution < 1.29 is 4.74 Å². The molecular formula is C19H34N2O. The lowest BCUT2D eigenvalue weighted by atomic mass is 9.80. The molecule has 0 amide bonds. The van der Waals surface area contributed by atoms with Crippen LogP contribution in [0.4, 0.5) is 0 Å². The number of nitrogens with zero attached hydrogens (tertiary/aromatic N) is 1. The Morgan fingerprint density at radius 3 is 2.73 bits per heavy atom. The molecule has 3 rings (SSSR count). The van der Waals surface area contributed by atoms with E-state index in [1.54, 1.807) is 5.57 Å². The van der Waals surface area contributed by atoms with Crippen molar-refractivity contribution in [2.75, 3.05) is 39.4 Å². The van der Waals surface area contributed by atoms with Crippen molar-refractivity contribution in [2.45, 2.75) is 52.0 Å². The van der Waals surface area contributed by atoms with Gasteiger partial charge in [0.1, 0.15) is 0 Å². The van der Waals surface area contributed by atoms with Gasteiger partial charge in [-0.3, -0.25) is 0 Å². The van der Waals surface area contributed by atoms with Crippen LogP contribution in [-0.2, 0) is 4.74 Å². The highest BCUT2D eigenvalue weighted by Gasteiger charge is 2.26. The molecule has 22 heavy (non-hydrogen) atoms. The quantitative estimate of drug-likeness (QED) is 0.790. The van der Waals surface area contributed by atoms with Gasteiger partial charge in [-0.05, 0) is 69.9 Å². The van der Waals surface area contributed by atoms with E-state index in [0.29, 0.717) is 0 Å². The minimum absolute atomic E-state index is 0.734. The van der Waals surface area contributed by atoms with E-state index in [2.05, 4.69) is 30.1 Å². The topological polar surface area (TPSA) is 24.5 Å². The van der Waals surface area contributed by atoms with Crippen LogP contribution in [0.1, 0.15) is 46.0 Å². The van der Waals surface area contributed by atoms with Crippen molar-refractivity contribution in [3.05, 3.63) is 11.6 Å². The van der Waals surface area contributed by atoms with E-state index in [-0.39, 0.29) is 0 Å². The van der Waals surface area contributed by atoms with Crippen LogP contribution in [-0.4, -0.2) is 50.3 Å². The van der Waals surface area contributed by atoms with Crippen LogP contribution < -0.4 is 5.32 Å². The monoisotopic (exact) mass is 306 g/mol. The summed E-state index contributed by atoms with van der Waals surface area (Å²) in [5.74, 6) is 2.41. The molecule has 3 unspecified atom stereocenters. The third-order valence-corrected chi connectivity index (χ3v) is 6.11. The Balaban J connectivity index is 1.36. The number of hydrogen-bond acceptors (Lipinski definition) is 3. The molecule has 0 aromatic carbocycles. The predicted octanol–water partition coefficient (Wildman–Crippen LogP) is 3.07. The first kappa shape index (κ1) is 16.5. The van der Waals surface area contributed by atoms with Crippen molar-refractivity contribution in [1.29, 1.82) is 0 Å². The van der Waals surface area contributed by atoms with E-state index in [1.165, 1.54) is 58.3 Å². The molecule has 3 heteroatoms. The lowest BCUT2D eigenvalue weighted by Crippen LogP contribution is -2.45. The van der Waals surface area contributed by atoms with Gasteiger partial charge in [0.2, 0.25) is 0 Å². The summed E-state index contributed by atoms with van der Waals surface area (Å²) >= 11 is 0. The highest BCUT2D eigenvalue weighted by molar-refractivity contribution is 5.09. The van der Waals surface area contributed by atoms with Gasteiger partial charge in [0, 0.05) is 25.7 Å². The molecule has 0 aromatic rings. The average molecular weight is 306 g/mol. The molecule has 3 aliphatic rings. The number of rotatable bonds is 5. The lowest BCUT2D eigenvalue weighted by molar-refractivity contribution is 0.146. The molecule has 2 saturated heterocycles. The van der Waals surface area contributed by atoms with Crippen molar-refractivity contribution in [2.24, 2.45) is 17.8 Å². The molecule has 1 N–H and O–H groups in total. The van der Waals surface area contributed by atoms with Gasteiger partial charge in [-0.1, -0.05) is 18.6 Å². The standard InChI is InChI=1S/C19H34N2O/c1-15-4-3-5-16(2)19(15)12-20-18-6-9-21(10-7-18)13-17-8-11-22-14-17/h4,16-20H,3,5-14H2,1-2H3. The highest BCUT2D eigenvalue weighted by Crippen LogP contribution is 2.29. The van der Waals surface area contributed by atoms with Gasteiger partial charge in [-0.25, -0.2) is 0 Å². The Morgan fingerprint density at radius 2 is 2.05 bits per heavy atom. The minimum atomic E-state index is 0.734. The van der Waals surface area contributed by atoms with Crippen LogP contribution in [0.3, 0.4) is 0 Å². The Kier molecular flexibility index (Phi) is 5.95. The largest absolute Gasteiger partial charge is 0.381 e. The Morgan fingerprint density at radius 1 is 1.23 bits per heavy atom. The Bertz CT molecular complexity index is 368. The molecule has 0 aromatic heterocycles. The Labute approximate surface area is 136 Å². The fourth-order valence-corrected chi connectivity index (χ4v) is 4.44. The maximum Gasteiger partial charge on any atom is 0.0507 e.